The van der Waals surface area contributed by atoms with E-state index in [1.807, 2.05) is 30.9 Å². The van der Waals surface area contributed by atoms with E-state index in [0.717, 1.165) is 0 Å². The summed E-state index contributed by atoms with van der Waals surface area (Å²) in [5.41, 5.74) is 6.33. The summed E-state index contributed by atoms with van der Waals surface area (Å²) in [5, 5.41) is 0. The fraction of sp³-hybridized carbons (Fsp3) is 0.533. The van der Waals surface area contributed by atoms with Gasteiger partial charge < -0.3 is 20.1 Å². The van der Waals surface area contributed by atoms with Crippen LogP contribution in [0.15, 0.2) is 24.3 Å². The van der Waals surface area contributed by atoms with Crippen molar-refractivity contribution in [3.05, 3.63) is 24.3 Å². The van der Waals surface area contributed by atoms with Gasteiger partial charge in [-0.15, -0.1) is 0 Å². The predicted molar refractivity (Wildman–Crippen MR) is 77.6 cm³/mol. The van der Waals surface area contributed by atoms with Crippen molar-refractivity contribution in [3.63, 3.8) is 0 Å². The number of ether oxygens (including phenoxy) is 2. The van der Waals surface area contributed by atoms with Crippen molar-refractivity contribution in [2.75, 3.05) is 25.5 Å². The van der Waals surface area contributed by atoms with Crippen LogP contribution in [-0.2, 0) is 9.53 Å². The SMILES string of the molecule is CC1CN(C(=O)CCOc2cccc(N)c2)C(C)CO1. The van der Waals surface area contributed by atoms with Crippen LogP contribution in [0.5, 0.6) is 5.75 Å². The third-order valence-electron chi connectivity index (χ3n) is 3.37. The van der Waals surface area contributed by atoms with Crippen LogP contribution in [0, 0.1) is 0 Å². The highest BCUT2D eigenvalue weighted by atomic mass is 16.5. The Morgan fingerprint density at radius 1 is 1.50 bits per heavy atom. The van der Waals surface area contributed by atoms with Gasteiger partial charge in [-0.2, -0.15) is 0 Å². The smallest absolute Gasteiger partial charge is 0.226 e. The Balaban J connectivity index is 1.80. The highest BCUT2D eigenvalue weighted by Crippen LogP contribution is 2.16. The molecule has 2 N–H and O–H groups in total. The first kappa shape index (κ1) is 14.7. The normalized spacial score (nSPS) is 22.6. The largest absolute Gasteiger partial charge is 0.493 e. The summed E-state index contributed by atoms with van der Waals surface area (Å²) in [6.07, 6.45) is 0.469. The molecular formula is C15H22N2O3. The Kier molecular flexibility index (Phi) is 4.84. The maximum absolute atomic E-state index is 12.2. The van der Waals surface area contributed by atoms with Crippen LogP contribution in [0.2, 0.25) is 0 Å². The average molecular weight is 278 g/mol. The third kappa shape index (κ3) is 3.87. The maximum Gasteiger partial charge on any atom is 0.226 e. The number of carbonyl (C=O) groups excluding carboxylic acids is 1. The number of amides is 1. The van der Waals surface area contributed by atoms with E-state index in [-0.39, 0.29) is 18.1 Å². The van der Waals surface area contributed by atoms with E-state index in [9.17, 15) is 4.79 Å². The van der Waals surface area contributed by atoms with E-state index >= 15 is 0 Å². The Morgan fingerprint density at radius 3 is 3.05 bits per heavy atom. The number of anilines is 1. The molecular weight excluding hydrogens is 256 g/mol. The molecule has 1 aromatic rings. The van der Waals surface area contributed by atoms with Gasteiger partial charge in [0.25, 0.3) is 0 Å². The molecule has 0 radical (unpaired) electrons. The van der Waals surface area contributed by atoms with E-state index < -0.39 is 0 Å². The van der Waals surface area contributed by atoms with Gasteiger partial charge in [0.1, 0.15) is 5.75 Å². The molecule has 5 heteroatoms. The molecule has 2 unspecified atom stereocenters. The average Bonchev–Trinajstić information content (AvgIpc) is 2.41. The van der Waals surface area contributed by atoms with Crippen molar-refractivity contribution in [2.24, 2.45) is 0 Å². The molecule has 1 aliphatic rings. The van der Waals surface area contributed by atoms with Crippen molar-refractivity contribution in [1.29, 1.82) is 0 Å². The van der Waals surface area contributed by atoms with Crippen LogP contribution >= 0.6 is 0 Å². The van der Waals surface area contributed by atoms with Crippen molar-refractivity contribution in [1.82, 2.24) is 4.90 Å². The Hall–Kier alpha value is -1.75. The summed E-state index contributed by atoms with van der Waals surface area (Å²) in [5.74, 6) is 0.803. The lowest BCUT2D eigenvalue weighted by molar-refractivity contribution is -0.143. The Morgan fingerprint density at radius 2 is 2.30 bits per heavy atom. The number of morpholine rings is 1. The van der Waals surface area contributed by atoms with Crippen LogP contribution < -0.4 is 10.5 Å². The van der Waals surface area contributed by atoms with Gasteiger partial charge in [0, 0.05) is 18.3 Å². The first-order valence-electron chi connectivity index (χ1n) is 6.95. The number of rotatable bonds is 4. The number of hydrogen-bond donors (Lipinski definition) is 1. The van der Waals surface area contributed by atoms with Crippen molar-refractivity contribution in [2.45, 2.75) is 32.4 Å². The number of nitrogen functional groups attached to an aromatic ring is 1. The summed E-state index contributed by atoms with van der Waals surface area (Å²) in [6, 6.07) is 7.35. The molecule has 1 aliphatic heterocycles. The van der Waals surface area contributed by atoms with Crippen LogP contribution in [0.3, 0.4) is 0 Å². The Labute approximate surface area is 119 Å². The van der Waals surface area contributed by atoms with Crippen LogP contribution in [0.4, 0.5) is 5.69 Å². The zero-order valence-electron chi connectivity index (χ0n) is 12.0. The van der Waals surface area contributed by atoms with Gasteiger partial charge in [-0.05, 0) is 26.0 Å². The summed E-state index contributed by atoms with van der Waals surface area (Å²) >= 11 is 0. The second-order valence-corrected chi connectivity index (χ2v) is 5.21. The number of nitrogens with zero attached hydrogens (tertiary/aromatic N) is 1. The molecule has 0 bridgehead atoms. The zero-order chi connectivity index (χ0) is 14.5. The maximum atomic E-state index is 12.2. The lowest BCUT2D eigenvalue weighted by atomic mass is 10.2. The Bertz CT molecular complexity index is 464. The molecule has 2 atom stereocenters. The molecule has 1 saturated heterocycles. The lowest BCUT2D eigenvalue weighted by Gasteiger charge is -2.36. The van der Waals surface area contributed by atoms with E-state index in [1.165, 1.54) is 0 Å². The predicted octanol–water partition coefficient (Wildman–Crippen LogP) is 1.67. The number of hydrogen-bond acceptors (Lipinski definition) is 4. The van der Waals surface area contributed by atoms with Gasteiger partial charge in [0.05, 0.1) is 31.8 Å². The van der Waals surface area contributed by atoms with Gasteiger partial charge in [0.2, 0.25) is 5.91 Å². The highest BCUT2D eigenvalue weighted by Gasteiger charge is 2.27. The van der Waals surface area contributed by atoms with Gasteiger partial charge in [-0.3, -0.25) is 4.79 Å². The van der Waals surface area contributed by atoms with Crippen LogP contribution in [-0.4, -0.2) is 42.7 Å². The monoisotopic (exact) mass is 278 g/mol. The van der Waals surface area contributed by atoms with Gasteiger partial charge in [-0.1, -0.05) is 6.07 Å². The lowest BCUT2D eigenvalue weighted by Crippen LogP contribution is -2.50. The van der Waals surface area contributed by atoms with Gasteiger partial charge >= 0.3 is 0 Å². The third-order valence-corrected chi connectivity index (χ3v) is 3.37. The number of benzene rings is 1. The fourth-order valence-electron chi connectivity index (χ4n) is 2.25. The summed E-state index contributed by atoms with van der Waals surface area (Å²) in [7, 11) is 0. The molecule has 0 aliphatic carbocycles. The molecule has 0 aromatic heterocycles. The topological polar surface area (TPSA) is 64.8 Å². The molecule has 0 saturated carbocycles. The van der Waals surface area contributed by atoms with E-state index in [0.29, 0.717) is 37.6 Å². The minimum Gasteiger partial charge on any atom is -0.493 e. The molecule has 0 spiro atoms. The van der Waals surface area contributed by atoms with Gasteiger partial charge in [0.15, 0.2) is 0 Å². The van der Waals surface area contributed by atoms with Crippen LogP contribution in [0.25, 0.3) is 0 Å². The fourth-order valence-corrected chi connectivity index (χ4v) is 2.25. The number of nitrogens with two attached hydrogens (primary N) is 1. The quantitative estimate of drug-likeness (QED) is 0.851. The summed E-state index contributed by atoms with van der Waals surface area (Å²) < 4.78 is 11.1. The molecule has 5 nitrogen and oxygen atoms in total. The van der Waals surface area contributed by atoms with E-state index in [2.05, 4.69) is 0 Å². The van der Waals surface area contributed by atoms with E-state index in [4.69, 9.17) is 15.2 Å². The number of carbonyl (C=O) groups is 1. The summed E-state index contributed by atoms with van der Waals surface area (Å²) in [4.78, 5) is 14.0. The molecule has 1 aromatic carbocycles. The second kappa shape index (κ2) is 6.61. The standard InChI is InChI=1S/C15H22N2O3/c1-11-10-20-12(2)9-17(11)15(18)6-7-19-14-5-3-4-13(16)8-14/h3-5,8,11-12H,6-7,9-10,16H2,1-2H3. The van der Waals surface area contributed by atoms with Crippen LogP contribution in [0.1, 0.15) is 20.3 Å². The first-order chi connectivity index (χ1) is 9.56. The summed E-state index contributed by atoms with van der Waals surface area (Å²) in [6.45, 7) is 5.60. The zero-order valence-corrected chi connectivity index (χ0v) is 12.0. The van der Waals surface area contributed by atoms with E-state index in [1.54, 1.807) is 12.1 Å². The van der Waals surface area contributed by atoms with Crippen molar-refractivity contribution >= 4 is 11.6 Å². The van der Waals surface area contributed by atoms with Crippen molar-refractivity contribution in [3.8, 4) is 5.75 Å². The minimum atomic E-state index is 0.102. The molecule has 1 fully saturated rings. The molecule has 2 rings (SSSR count). The minimum absolute atomic E-state index is 0.102. The molecule has 20 heavy (non-hydrogen) atoms. The molecule has 110 valence electrons. The highest BCUT2D eigenvalue weighted by molar-refractivity contribution is 5.76. The first-order valence-corrected chi connectivity index (χ1v) is 6.95. The van der Waals surface area contributed by atoms with Gasteiger partial charge in [-0.25, -0.2) is 0 Å². The molecule has 1 heterocycles. The van der Waals surface area contributed by atoms with Crippen molar-refractivity contribution < 1.29 is 14.3 Å². The second-order valence-electron chi connectivity index (χ2n) is 5.21. The molecule has 1 amide bonds.